The lowest BCUT2D eigenvalue weighted by Crippen LogP contribution is -2.50. The van der Waals surface area contributed by atoms with E-state index in [1.54, 1.807) is 0 Å². The molecule has 1 saturated carbocycles. The summed E-state index contributed by atoms with van der Waals surface area (Å²) in [5.74, 6) is 0.337. The molecule has 0 spiro atoms. The standard InChI is InChI=1S/C10H19NO2/c11-7-10(3-1-4-10)9(12)8-2-5-13-6-8/h8-9,12H,1-7,11H2. The zero-order valence-corrected chi connectivity index (χ0v) is 8.04. The van der Waals surface area contributed by atoms with Gasteiger partial charge in [-0.25, -0.2) is 0 Å². The van der Waals surface area contributed by atoms with Crippen molar-refractivity contribution < 1.29 is 9.84 Å². The Morgan fingerprint density at radius 2 is 2.31 bits per heavy atom. The molecular weight excluding hydrogens is 166 g/mol. The molecule has 1 saturated heterocycles. The summed E-state index contributed by atoms with van der Waals surface area (Å²) in [5.41, 5.74) is 5.78. The van der Waals surface area contributed by atoms with Crippen molar-refractivity contribution in [3.63, 3.8) is 0 Å². The summed E-state index contributed by atoms with van der Waals surface area (Å²) in [6.45, 7) is 2.16. The molecule has 13 heavy (non-hydrogen) atoms. The minimum atomic E-state index is -0.228. The van der Waals surface area contributed by atoms with Crippen molar-refractivity contribution in [2.24, 2.45) is 17.1 Å². The van der Waals surface area contributed by atoms with Crippen LogP contribution in [0.1, 0.15) is 25.7 Å². The molecule has 1 aliphatic carbocycles. The quantitative estimate of drug-likeness (QED) is 0.673. The van der Waals surface area contributed by atoms with Gasteiger partial charge >= 0.3 is 0 Å². The van der Waals surface area contributed by atoms with Crippen LogP contribution in [0.25, 0.3) is 0 Å². The second-order valence-electron chi connectivity index (χ2n) is 4.49. The molecule has 3 N–H and O–H groups in total. The Kier molecular flexibility index (Phi) is 2.58. The zero-order chi connectivity index (χ0) is 9.31. The van der Waals surface area contributed by atoms with Crippen molar-refractivity contribution in [2.75, 3.05) is 19.8 Å². The molecule has 2 aliphatic rings. The molecule has 2 fully saturated rings. The van der Waals surface area contributed by atoms with E-state index in [9.17, 15) is 5.11 Å². The first kappa shape index (κ1) is 9.44. The van der Waals surface area contributed by atoms with Crippen molar-refractivity contribution in [1.29, 1.82) is 0 Å². The summed E-state index contributed by atoms with van der Waals surface area (Å²) in [6, 6.07) is 0. The summed E-state index contributed by atoms with van der Waals surface area (Å²) in [4.78, 5) is 0. The number of nitrogens with two attached hydrogens (primary N) is 1. The molecule has 0 bridgehead atoms. The Morgan fingerprint density at radius 3 is 2.69 bits per heavy atom. The molecule has 76 valence electrons. The normalized spacial score (nSPS) is 34.2. The Bertz CT molecular complexity index is 168. The minimum absolute atomic E-state index is 0.0400. The Labute approximate surface area is 79.3 Å². The molecule has 1 heterocycles. The summed E-state index contributed by atoms with van der Waals surface area (Å²) < 4.78 is 5.29. The summed E-state index contributed by atoms with van der Waals surface area (Å²) in [5, 5.41) is 10.2. The summed E-state index contributed by atoms with van der Waals surface area (Å²) in [6.07, 6.45) is 4.20. The van der Waals surface area contributed by atoms with Gasteiger partial charge in [0.15, 0.2) is 0 Å². The van der Waals surface area contributed by atoms with E-state index in [1.807, 2.05) is 0 Å². The molecule has 2 atom stereocenters. The number of hydrogen-bond acceptors (Lipinski definition) is 3. The van der Waals surface area contributed by atoms with E-state index in [0.717, 1.165) is 32.5 Å². The van der Waals surface area contributed by atoms with E-state index >= 15 is 0 Å². The zero-order valence-electron chi connectivity index (χ0n) is 8.04. The van der Waals surface area contributed by atoms with Crippen molar-refractivity contribution in [3.8, 4) is 0 Å². The average molecular weight is 185 g/mol. The third-order valence-corrected chi connectivity index (χ3v) is 3.79. The number of hydrogen-bond donors (Lipinski definition) is 2. The smallest absolute Gasteiger partial charge is 0.0659 e. The van der Waals surface area contributed by atoms with E-state index in [2.05, 4.69) is 0 Å². The van der Waals surface area contributed by atoms with Gasteiger partial charge < -0.3 is 15.6 Å². The van der Waals surface area contributed by atoms with Crippen LogP contribution in [0.3, 0.4) is 0 Å². The van der Waals surface area contributed by atoms with E-state index < -0.39 is 0 Å². The Morgan fingerprint density at radius 1 is 1.54 bits per heavy atom. The fourth-order valence-electron chi connectivity index (χ4n) is 2.55. The lowest BCUT2D eigenvalue weighted by molar-refractivity contribution is -0.0632. The molecule has 1 aliphatic heterocycles. The lowest BCUT2D eigenvalue weighted by atomic mass is 9.62. The van der Waals surface area contributed by atoms with Crippen molar-refractivity contribution in [2.45, 2.75) is 31.8 Å². The molecule has 0 aromatic rings. The van der Waals surface area contributed by atoms with E-state index in [-0.39, 0.29) is 11.5 Å². The molecule has 0 amide bonds. The van der Waals surface area contributed by atoms with Gasteiger partial charge in [0, 0.05) is 24.5 Å². The predicted molar refractivity (Wildman–Crippen MR) is 50.3 cm³/mol. The molecule has 0 radical (unpaired) electrons. The van der Waals surface area contributed by atoms with Gasteiger partial charge in [-0.05, 0) is 19.3 Å². The van der Waals surface area contributed by atoms with Crippen LogP contribution in [0.15, 0.2) is 0 Å². The van der Waals surface area contributed by atoms with Gasteiger partial charge in [0.1, 0.15) is 0 Å². The van der Waals surface area contributed by atoms with Crippen LogP contribution in [0.5, 0.6) is 0 Å². The molecule has 0 aromatic carbocycles. The van der Waals surface area contributed by atoms with E-state index in [4.69, 9.17) is 10.5 Å². The van der Waals surface area contributed by atoms with Crippen LogP contribution in [0.4, 0.5) is 0 Å². The fraction of sp³-hybridized carbons (Fsp3) is 1.00. The van der Waals surface area contributed by atoms with E-state index in [1.165, 1.54) is 6.42 Å². The molecule has 2 unspecified atom stereocenters. The van der Waals surface area contributed by atoms with Crippen LogP contribution in [-0.4, -0.2) is 31.0 Å². The van der Waals surface area contributed by atoms with Crippen molar-refractivity contribution in [3.05, 3.63) is 0 Å². The number of aliphatic hydroxyl groups excluding tert-OH is 1. The third kappa shape index (κ3) is 1.49. The summed E-state index contributed by atoms with van der Waals surface area (Å²) >= 11 is 0. The molecule has 2 rings (SSSR count). The highest BCUT2D eigenvalue weighted by Crippen LogP contribution is 2.46. The Hall–Kier alpha value is -0.120. The molecular formula is C10H19NO2. The largest absolute Gasteiger partial charge is 0.392 e. The first-order valence-corrected chi connectivity index (χ1v) is 5.24. The molecule has 0 aromatic heterocycles. The second-order valence-corrected chi connectivity index (χ2v) is 4.49. The summed E-state index contributed by atoms with van der Waals surface area (Å²) in [7, 11) is 0. The highest BCUT2D eigenvalue weighted by molar-refractivity contribution is 4.97. The van der Waals surface area contributed by atoms with Crippen LogP contribution >= 0.6 is 0 Å². The number of rotatable bonds is 3. The van der Waals surface area contributed by atoms with Crippen molar-refractivity contribution in [1.82, 2.24) is 0 Å². The first-order chi connectivity index (χ1) is 6.28. The van der Waals surface area contributed by atoms with Crippen LogP contribution in [0, 0.1) is 11.3 Å². The van der Waals surface area contributed by atoms with Gasteiger partial charge in [-0.1, -0.05) is 6.42 Å². The first-order valence-electron chi connectivity index (χ1n) is 5.24. The lowest BCUT2D eigenvalue weighted by Gasteiger charge is -2.46. The van der Waals surface area contributed by atoms with Gasteiger partial charge in [0.2, 0.25) is 0 Å². The maximum absolute atomic E-state index is 10.2. The van der Waals surface area contributed by atoms with Crippen LogP contribution in [-0.2, 0) is 4.74 Å². The highest BCUT2D eigenvalue weighted by Gasteiger charge is 2.46. The maximum atomic E-state index is 10.2. The van der Waals surface area contributed by atoms with E-state index in [0.29, 0.717) is 12.5 Å². The van der Waals surface area contributed by atoms with Crippen molar-refractivity contribution >= 4 is 0 Å². The van der Waals surface area contributed by atoms with Crippen LogP contribution in [0.2, 0.25) is 0 Å². The topological polar surface area (TPSA) is 55.5 Å². The second kappa shape index (κ2) is 3.56. The number of aliphatic hydroxyl groups is 1. The monoisotopic (exact) mass is 185 g/mol. The SMILES string of the molecule is NCC1(C(O)C2CCOC2)CCC1. The maximum Gasteiger partial charge on any atom is 0.0659 e. The van der Waals surface area contributed by atoms with Crippen LogP contribution < -0.4 is 5.73 Å². The predicted octanol–water partition coefficient (Wildman–Crippen LogP) is 0.513. The van der Waals surface area contributed by atoms with Gasteiger partial charge in [0.25, 0.3) is 0 Å². The fourth-order valence-corrected chi connectivity index (χ4v) is 2.55. The van der Waals surface area contributed by atoms with Gasteiger partial charge in [-0.15, -0.1) is 0 Å². The number of ether oxygens (including phenoxy) is 1. The van der Waals surface area contributed by atoms with Gasteiger partial charge in [-0.3, -0.25) is 0 Å². The molecule has 3 heteroatoms. The minimum Gasteiger partial charge on any atom is -0.392 e. The van der Waals surface area contributed by atoms with Gasteiger partial charge in [0.05, 0.1) is 12.7 Å². The molecule has 3 nitrogen and oxygen atoms in total. The highest BCUT2D eigenvalue weighted by atomic mass is 16.5. The average Bonchev–Trinajstić information content (AvgIpc) is 2.54. The Balaban J connectivity index is 1.97. The van der Waals surface area contributed by atoms with Gasteiger partial charge in [-0.2, -0.15) is 0 Å². The third-order valence-electron chi connectivity index (χ3n) is 3.79.